The van der Waals surface area contributed by atoms with Crippen LogP contribution in [-0.2, 0) is 23.1 Å². The van der Waals surface area contributed by atoms with Crippen molar-refractivity contribution in [1.82, 2.24) is 15.1 Å². The fraction of sp³-hybridized carbons (Fsp3) is 0.667. The second-order valence-corrected chi connectivity index (χ2v) is 3.92. The number of aromatic nitrogens is 2. The Hall–Kier alpha value is -1.36. The van der Waals surface area contributed by atoms with E-state index in [-0.39, 0.29) is 12.0 Å². The van der Waals surface area contributed by atoms with Crippen LogP contribution in [0.3, 0.4) is 0 Å². The van der Waals surface area contributed by atoms with Crippen molar-refractivity contribution in [3.63, 3.8) is 0 Å². The van der Waals surface area contributed by atoms with Crippen molar-refractivity contribution >= 4 is 5.97 Å². The predicted octanol–water partition coefficient (Wildman–Crippen LogP) is 1.24. The molecule has 0 fully saturated rings. The summed E-state index contributed by atoms with van der Waals surface area (Å²) in [6, 6.07) is 1.70. The summed E-state index contributed by atoms with van der Waals surface area (Å²) < 4.78 is 6.83. The molecular weight excluding hydrogens is 218 g/mol. The minimum absolute atomic E-state index is 0.170. The number of nitrogens with one attached hydrogen (secondary N) is 1. The van der Waals surface area contributed by atoms with Gasteiger partial charge in [-0.05, 0) is 19.4 Å². The number of hydrogen-bond donors (Lipinski definition) is 1. The van der Waals surface area contributed by atoms with E-state index in [4.69, 9.17) is 4.74 Å². The Labute approximate surface area is 102 Å². The molecular formula is C12H21N3O2. The predicted molar refractivity (Wildman–Crippen MR) is 65.4 cm³/mol. The summed E-state index contributed by atoms with van der Waals surface area (Å²) in [5, 5.41) is 7.30. The zero-order valence-corrected chi connectivity index (χ0v) is 10.8. The van der Waals surface area contributed by atoms with Crippen LogP contribution in [-0.4, -0.2) is 28.4 Å². The average molecular weight is 239 g/mol. The molecule has 5 heteroatoms. The molecule has 1 N–H and O–H groups in total. The molecule has 0 saturated carbocycles. The Morgan fingerprint density at radius 2 is 2.35 bits per heavy atom. The van der Waals surface area contributed by atoms with Crippen molar-refractivity contribution in [2.75, 3.05) is 6.61 Å². The van der Waals surface area contributed by atoms with Crippen molar-refractivity contribution in [2.45, 2.75) is 39.3 Å². The minimum atomic E-state index is -0.227. The number of aryl methyl sites for hydroxylation is 1. The van der Waals surface area contributed by atoms with Crippen LogP contribution < -0.4 is 5.32 Å². The topological polar surface area (TPSA) is 56.2 Å². The first-order valence-electron chi connectivity index (χ1n) is 6.05. The smallest absolute Gasteiger partial charge is 0.323 e. The monoisotopic (exact) mass is 239 g/mol. The molecule has 1 aromatic rings. The Bertz CT molecular complexity index is 349. The van der Waals surface area contributed by atoms with Crippen LogP contribution in [0.1, 0.15) is 32.4 Å². The van der Waals surface area contributed by atoms with Crippen molar-refractivity contribution < 1.29 is 9.53 Å². The summed E-state index contributed by atoms with van der Waals surface area (Å²) in [6.07, 6.45) is 3.48. The lowest BCUT2D eigenvalue weighted by atomic mass is 10.1. The Morgan fingerprint density at radius 3 is 2.88 bits per heavy atom. The molecule has 96 valence electrons. The van der Waals surface area contributed by atoms with E-state index in [0.29, 0.717) is 13.2 Å². The summed E-state index contributed by atoms with van der Waals surface area (Å²) in [5.74, 6) is -0.170. The molecule has 0 bridgehead atoms. The van der Waals surface area contributed by atoms with Crippen LogP contribution in [0.5, 0.6) is 0 Å². The molecule has 0 spiro atoms. The van der Waals surface area contributed by atoms with Gasteiger partial charge in [0.05, 0.1) is 12.3 Å². The lowest BCUT2D eigenvalue weighted by Crippen LogP contribution is -2.38. The summed E-state index contributed by atoms with van der Waals surface area (Å²) in [4.78, 5) is 11.7. The zero-order valence-electron chi connectivity index (χ0n) is 10.8. The number of nitrogens with zero attached hydrogens (tertiary/aromatic N) is 2. The van der Waals surface area contributed by atoms with Crippen LogP contribution in [0, 0.1) is 0 Å². The molecule has 1 atom stereocenters. The summed E-state index contributed by atoms with van der Waals surface area (Å²) >= 11 is 0. The SMILES string of the molecule is CCCC(NCc1ccnn1C)C(=O)OCC. The number of carbonyl (C=O) groups excluding carboxylic acids is 1. The van der Waals surface area contributed by atoms with Crippen molar-refractivity contribution in [3.8, 4) is 0 Å². The molecule has 1 aromatic heterocycles. The van der Waals surface area contributed by atoms with Gasteiger partial charge in [0.15, 0.2) is 0 Å². The van der Waals surface area contributed by atoms with E-state index in [9.17, 15) is 4.79 Å². The summed E-state index contributed by atoms with van der Waals surface area (Å²) in [7, 11) is 1.89. The van der Waals surface area contributed by atoms with E-state index in [1.165, 1.54) is 0 Å². The highest BCUT2D eigenvalue weighted by Gasteiger charge is 2.18. The first-order chi connectivity index (χ1) is 8.19. The molecule has 0 aliphatic heterocycles. The molecule has 0 aliphatic rings. The molecule has 0 aromatic carbocycles. The van der Waals surface area contributed by atoms with Crippen molar-refractivity contribution in [3.05, 3.63) is 18.0 Å². The maximum atomic E-state index is 11.7. The zero-order chi connectivity index (χ0) is 12.7. The number of esters is 1. The Kier molecular flexibility index (Phi) is 5.69. The third kappa shape index (κ3) is 4.19. The van der Waals surface area contributed by atoms with E-state index in [0.717, 1.165) is 18.5 Å². The van der Waals surface area contributed by atoms with Crippen molar-refractivity contribution in [2.24, 2.45) is 7.05 Å². The Morgan fingerprint density at radius 1 is 1.59 bits per heavy atom. The molecule has 1 unspecified atom stereocenters. The van der Waals surface area contributed by atoms with Crippen LogP contribution in [0.25, 0.3) is 0 Å². The first-order valence-corrected chi connectivity index (χ1v) is 6.05. The maximum absolute atomic E-state index is 11.7. The van der Waals surface area contributed by atoms with Crippen LogP contribution in [0.2, 0.25) is 0 Å². The first kappa shape index (κ1) is 13.7. The quantitative estimate of drug-likeness (QED) is 0.727. The number of rotatable bonds is 7. The number of carbonyl (C=O) groups is 1. The highest BCUT2D eigenvalue weighted by Crippen LogP contribution is 2.02. The van der Waals surface area contributed by atoms with Gasteiger partial charge in [0.1, 0.15) is 6.04 Å². The van der Waals surface area contributed by atoms with Crippen molar-refractivity contribution in [1.29, 1.82) is 0 Å². The van der Waals surface area contributed by atoms with Gasteiger partial charge in [-0.25, -0.2) is 0 Å². The third-order valence-corrected chi connectivity index (χ3v) is 2.60. The Balaban J connectivity index is 2.49. The van der Waals surface area contributed by atoms with Crippen LogP contribution in [0.15, 0.2) is 12.3 Å². The van der Waals surface area contributed by atoms with Gasteiger partial charge in [-0.1, -0.05) is 13.3 Å². The standard InChI is InChI=1S/C12H21N3O2/c1-4-6-11(12(16)17-5-2)13-9-10-7-8-14-15(10)3/h7-8,11,13H,4-6,9H2,1-3H3. The molecule has 0 radical (unpaired) electrons. The van der Waals surface area contributed by atoms with Gasteiger partial charge in [0.25, 0.3) is 0 Å². The highest BCUT2D eigenvalue weighted by atomic mass is 16.5. The minimum Gasteiger partial charge on any atom is -0.465 e. The van der Waals surface area contributed by atoms with Gasteiger partial charge in [0.2, 0.25) is 0 Å². The van der Waals surface area contributed by atoms with Gasteiger partial charge in [0, 0.05) is 19.8 Å². The average Bonchev–Trinajstić information content (AvgIpc) is 2.70. The van der Waals surface area contributed by atoms with E-state index in [1.54, 1.807) is 10.9 Å². The third-order valence-electron chi connectivity index (χ3n) is 2.60. The molecule has 0 saturated heterocycles. The maximum Gasteiger partial charge on any atom is 0.323 e. The van der Waals surface area contributed by atoms with Gasteiger partial charge in [-0.15, -0.1) is 0 Å². The number of hydrogen-bond acceptors (Lipinski definition) is 4. The fourth-order valence-corrected chi connectivity index (χ4v) is 1.64. The van der Waals surface area contributed by atoms with Gasteiger partial charge in [-0.2, -0.15) is 5.10 Å². The molecule has 1 heterocycles. The second-order valence-electron chi connectivity index (χ2n) is 3.92. The van der Waals surface area contributed by atoms with Gasteiger partial charge >= 0.3 is 5.97 Å². The molecule has 0 aliphatic carbocycles. The number of ether oxygens (including phenoxy) is 1. The van der Waals surface area contributed by atoms with E-state index in [1.807, 2.05) is 20.0 Å². The highest BCUT2D eigenvalue weighted by molar-refractivity contribution is 5.75. The summed E-state index contributed by atoms with van der Waals surface area (Å²) in [5.41, 5.74) is 1.05. The molecule has 0 amide bonds. The summed E-state index contributed by atoms with van der Waals surface area (Å²) in [6.45, 7) is 4.92. The van der Waals surface area contributed by atoms with Crippen LogP contribution in [0.4, 0.5) is 0 Å². The largest absolute Gasteiger partial charge is 0.465 e. The molecule has 1 rings (SSSR count). The normalized spacial score (nSPS) is 12.4. The molecule has 17 heavy (non-hydrogen) atoms. The van der Waals surface area contributed by atoms with E-state index >= 15 is 0 Å². The van der Waals surface area contributed by atoms with E-state index < -0.39 is 0 Å². The van der Waals surface area contributed by atoms with Crippen LogP contribution >= 0.6 is 0 Å². The van der Waals surface area contributed by atoms with Gasteiger partial charge < -0.3 is 4.74 Å². The van der Waals surface area contributed by atoms with E-state index in [2.05, 4.69) is 17.3 Å². The lowest BCUT2D eigenvalue weighted by Gasteiger charge is -2.16. The fourth-order valence-electron chi connectivity index (χ4n) is 1.64. The van der Waals surface area contributed by atoms with Gasteiger partial charge in [-0.3, -0.25) is 14.8 Å². The molecule has 5 nitrogen and oxygen atoms in total. The second kappa shape index (κ2) is 7.06. The lowest BCUT2D eigenvalue weighted by molar-refractivity contribution is -0.145.